The lowest BCUT2D eigenvalue weighted by molar-refractivity contribution is 0.388. The molecular formula is C14H20ClNS. The van der Waals surface area contributed by atoms with Crippen molar-refractivity contribution in [3.05, 3.63) is 20.8 Å². The minimum atomic E-state index is 0.567. The van der Waals surface area contributed by atoms with Crippen molar-refractivity contribution in [1.82, 2.24) is 5.32 Å². The highest BCUT2D eigenvalue weighted by molar-refractivity contribution is 7.16. The first-order valence-electron chi connectivity index (χ1n) is 6.80. The zero-order valence-electron chi connectivity index (χ0n) is 10.3. The third kappa shape index (κ3) is 2.69. The monoisotopic (exact) mass is 269 g/mol. The number of halogens is 1. The molecule has 0 spiro atoms. The molecule has 2 aliphatic carbocycles. The summed E-state index contributed by atoms with van der Waals surface area (Å²) in [7, 11) is 0. The maximum Gasteiger partial charge on any atom is 0.0934 e. The highest BCUT2D eigenvalue weighted by Crippen LogP contribution is 2.40. The zero-order chi connectivity index (χ0) is 11.8. The first-order valence-corrected chi connectivity index (χ1v) is 8.00. The van der Waals surface area contributed by atoms with E-state index in [0.717, 1.165) is 10.3 Å². The number of rotatable bonds is 5. The van der Waals surface area contributed by atoms with Crippen LogP contribution in [0.1, 0.15) is 55.5 Å². The van der Waals surface area contributed by atoms with E-state index < -0.39 is 0 Å². The van der Waals surface area contributed by atoms with Crippen molar-refractivity contribution in [3.63, 3.8) is 0 Å². The van der Waals surface area contributed by atoms with E-state index in [1.165, 1.54) is 49.0 Å². The van der Waals surface area contributed by atoms with Crippen LogP contribution in [-0.4, -0.2) is 6.04 Å². The fraction of sp³-hybridized carbons (Fsp3) is 0.714. The fourth-order valence-corrected chi connectivity index (χ4v) is 4.25. The SMILES string of the molecule is CCC(CC1CC1)NC1CCc2sc(Cl)cc21. The van der Waals surface area contributed by atoms with E-state index in [0.29, 0.717) is 12.1 Å². The predicted molar refractivity (Wildman–Crippen MR) is 74.9 cm³/mol. The lowest BCUT2D eigenvalue weighted by Crippen LogP contribution is -2.31. The third-order valence-corrected chi connectivity index (χ3v) is 5.43. The molecule has 1 saturated carbocycles. The molecule has 2 atom stereocenters. The van der Waals surface area contributed by atoms with Gasteiger partial charge >= 0.3 is 0 Å². The second kappa shape index (κ2) is 4.91. The summed E-state index contributed by atoms with van der Waals surface area (Å²) in [5.74, 6) is 1.01. The molecule has 17 heavy (non-hydrogen) atoms. The quantitative estimate of drug-likeness (QED) is 0.826. The normalized spacial score (nSPS) is 24.9. The molecule has 94 valence electrons. The molecule has 0 radical (unpaired) electrons. The molecular weight excluding hydrogens is 250 g/mol. The fourth-order valence-electron chi connectivity index (χ4n) is 2.90. The van der Waals surface area contributed by atoms with E-state index in [4.69, 9.17) is 11.6 Å². The van der Waals surface area contributed by atoms with Crippen molar-refractivity contribution in [2.75, 3.05) is 0 Å². The van der Waals surface area contributed by atoms with E-state index in [9.17, 15) is 0 Å². The predicted octanol–water partition coefficient (Wildman–Crippen LogP) is 4.56. The van der Waals surface area contributed by atoms with Crippen molar-refractivity contribution < 1.29 is 0 Å². The van der Waals surface area contributed by atoms with Crippen LogP contribution in [0.2, 0.25) is 4.34 Å². The highest BCUT2D eigenvalue weighted by atomic mass is 35.5. The van der Waals surface area contributed by atoms with Gasteiger partial charge in [0.15, 0.2) is 0 Å². The molecule has 1 nitrogen and oxygen atoms in total. The molecule has 1 aromatic heterocycles. The molecule has 1 heterocycles. The number of hydrogen-bond acceptors (Lipinski definition) is 2. The molecule has 3 heteroatoms. The van der Waals surface area contributed by atoms with Crippen LogP contribution in [0.3, 0.4) is 0 Å². The van der Waals surface area contributed by atoms with Crippen molar-refractivity contribution in [3.8, 4) is 0 Å². The molecule has 1 N–H and O–H groups in total. The molecule has 3 rings (SSSR count). The van der Waals surface area contributed by atoms with Crippen molar-refractivity contribution in [1.29, 1.82) is 0 Å². The number of fused-ring (bicyclic) bond motifs is 1. The molecule has 2 aliphatic rings. The van der Waals surface area contributed by atoms with Gasteiger partial charge in [-0.05, 0) is 43.2 Å². The Balaban J connectivity index is 1.64. The Hall–Kier alpha value is -0.0500. The van der Waals surface area contributed by atoms with Crippen LogP contribution in [0.4, 0.5) is 0 Å². The average molecular weight is 270 g/mol. The van der Waals surface area contributed by atoms with Crippen LogP contribution in [0.5, 0.6) is 0 Å². The molecule has 1 fully saturated rings. The minimum Gasteiger partial charge on any atom is -0.307 e. The molecule has 0 aromatic carbocycles. The van der Waals surface area contributed by atoms with E-state index in [1.54, 1.807) is 11.3 Å². The van der Waals surface area contributed by atoms with E-state index in [1.807, 2.05) is 0 Å². The van der Waals surface area contributed by atoms with Crippen LogP contribution in [0, 0.1) is 5.92 Å². The van der Waals surface area contributed by atoms with Gasteiger partial charge in [-0.3, -0.25) is 0 Å². The van der Waals surface area contributed by atoms with Gasteiger partial charge in [0.2, 0.25) is 0 Å². The number of aryl methyl sites for hydroxylation is 1. The molecule has 0 bridgehead atoms. The van der Waals surface area contributed by atoms with Crippen LogP contribution in [-0.2, 0) is 6.42 Å². The Morgan fingerprint density at radius 2 is 2.29 bits per heavy atom. The van der Waals surface area contributed by atoms with Crippen LogP contribution < -0.4 is 5.32 Å². The topological polar surface area (TPSA) is 12.0 Å². The second-order valence-corrected chi connectivity index (χ2v) is 7.24. The molecule has 0 amide bonds. The molecule has 1 aromatic rings. The largest absolute Gasteiger partial charge is 0.307 e. The smallest absolute Gasteiger partial charge is 0.0934 e. The summed E-state index contributed by atoms with van der Waals surface area (Å²) in [6.45, 7) is 2.30. The average Bonchev–Trinajstić information content (AvgIpc) is 2.94. The van der Waals surface area contributed by atoms with Gasteiger partial charge in [0.25, 0.3) is 0 Å². The number of thiophene rings is 1. The highest BCUT2D eigenvalue weighted by Gasteiger charge is 2.29. The number of hydrogen-bond donors (Lipinski definition) is 1. The van der Waals surface area contributed by atoms with Crippen molar-refractivity contribution in [2.45, 2.75) is 57.5 Å². The summed E-state index contributed by atoms with van der Waals surface area (Å²) in [6, 6.07) is 3.45. The van der Waals surface area contributed by atoms with Gasteiger partial charge in [-0.15, -0.1) is 11.3 Å². The lowest BCUT2D eigenvalue weighted by Gasteiger charge is -2.22. The first-order chi connectivity index (χ1) is 8.26. The van der Waals surface area contributed by atoms with Gasteiger partial charge in [-0.2, -0.15) is 0 Å². The second-order valence-electron chi connectivity index (χ2n) is 5.47. The van der Waals surface area contributed by atoms with Gasteiger partial charge in [0, 0.05) is 17.0 Å². The summed E-state index contributed by atoms with van der Waals surface area (Å²) >= 11 is 7.87. The summed E-state index contributed by atoms with van der Waals surface area (Å²) in [6.07, 6.45) is 8.01. The molecule has 2 unspecified atom stereocenters. The standard InChI is InChI=1S/C14H20ClNS/c1-2-10(7-9-3-4-9)16-12-5-6-13-11(12)8-14(15)17-13/h8-10,12,16H,2-7H2,1H3. The van der Waals surface area contributed by atoms with Crippen molar-refractivity contribution in [2.24, 2.45) is 5.92 Å². The van der Waals surface area contributed by atoms with Crippen LogP contribution >= 0.6 is 22.9 Å². The van der Waals surface area contributed by atoms with Gasteiger partial charge in [-0.25, -0.2) is 0 Å². The van der Waals surface area contributed by atoms with Crippen LogP contribution in [0.15, 0.2) is 6.07 Å². The summed E-state index contributed by atoms with van der Waals surface area (Å²) in [5, 5.41) is 3.85. The van der Waals surface area contributed by atoms with E-state index in [2.05, 4.69) is 18.3 Å². The number of nitrogens with one attached hydrogen (secondary N) is 1. The third-order valence-electron chi connectivity index (χ3n) is 4.09. The molecule has 0 saturated heterocycles. The maximum absolute atomic E-state index is 6.10. The molecule has 0 aliphatic heterocycles. The Morgan fingerprint density at radius 3 is 3.00 bits per heavy atom. The van der Waals surface area contributed by atoms with Gasteiger partial charge in [0.1, 0.15) is 0 Å². The zero-order valence-corrected chi connectivity index (χ0v) is 11.9. The van der Waals surface area contributed by atoms with E-state index in [-0.39, 0.29) is 0 Å². The minimum absolute atomic E-state index is 0.567. The Morgan fingerprint density at radius 1 is 1.47 bits per heavy atom. The Kier molecular flexibility index (Phi) is 3.47. The van der Waals surface area contributed by atoms with Gasteiger partial charge in [0.05, 0.1) is 4.34 Å². The van der Waals surface area contributed by atoms with Crippen LogP contribution in [0.25, 0.3) is 0 Å². The van der Waals surface area contributed by atoms with Crippen molar-refractivity contribution >= 4 is 22.9 Å². The van der Waals surface area contributed by atoms with Gasteiger partial charge < -0.3 is 5.32 Å². The van der Waals surface area contributed by atoms with E-state index >= 15 is 0 Å². The first kappa shape index (κ1) is 12.0. The summed E-state index contributed by atoms with van der Waals surface area (Å²) < 4.78 is 0.955. The summed E-state index contributed by atoms with van der Waals surface area (Å²) in [5.41, 5.74) is 1.48. The Bertz CT molecular complexity index is 397. The maximum atomic E-state index is 6.10. The Labute approximate surface area is 113 Å². The lowest BCUT2D eigenvalue weighted by atomic mass is 10.0. The summed E-state index contributed by atoms with van der Waals surface area (Å²) in [4.78, 5) is 1.51. The van der Waals surface area contributed by atoms with Gasteiger partial charge in [-0.1, -0.05) is 31.4 Å².